The number of methoxy groups -OCH3 is 1. The molecule has 0 amide bonds. The first-order valence-corrected chi connectivity index (χ1v) is 9.97. The summed E-state index contributed by atoms with van der Waals surface area (Å²) in [6.45, 7) is 5.99. The van der Waals surface area contributed by atoms with Gasteiger partial charge in [0, 0.05) is 44.3 Å². The second-order valence-electron chi connectivity index (χ2n) is 6.77. The highest BCUT2D eigenvalue weighted by molar-refractivity contribution is 5.93. The minimum absolute atomic E-state index is 0.571. The topological polar surface area (TPSA) is 72.7 Å². The van der Waals surface area contributed by atoms with Gasteiger partial charge >= 0.3 is 0 Å². The van der Waals surface area contributed by atoms with Crippen molar-refractivity contribution in [3.8, 4) is 11.5 Å². The van der Waals surface area contributed by atoms with E-state index in [1.165, 1.54) is 11.1 Å². The van der Waals surface area contributed by atoms with Gasteiger partial charge in [0.25, 0.3) is 0 Å². The van der Waals surface area contributed by atoms with Gasteiger partial charge in [-0.05, 0) is 37.1 Å². The number of rotatable bonds is 8. The van der Waals surface area contributed by atoms with E-state index >= 15 is 0 Å². The van der Waals surface area contributed by atoms with Crippen LogP contribution >= 0.6 is 0 Å². The number of aliphatic imine (C=N–C) groups is 1. The number of ether oxygens (including phenoxy) is 2. The molecule has 7 heteroatoms. The Balaban J connectivity index is 1.62. The lowest BCUT2D eigenvalue weighted by Crippen LogP contribution is -2.30. The molecule has 0 unspecified atom stereocenters. The van der Waals surface area contributed by atoms with Crippen LogP contribution in [0.2, 0.25) is 0 Å². The second kappa shape index (κ2) is 10.3. The van der Waals surface area contributed by atoms with Gasteiger partial charge in [-0.2, -0.15) is 0 Å². The molecule has 0 fully saturated rings. The molecule has 0 saturated heterocycles. The van der Waals surface area contributed by atoms with Crippen molar-refractivity contribution in [3.63, 3.8) is 0 Å². The Kier molecular flexibility index (Phi) is 7.32. The van der Waals surface area contributed by atoms with Crippen LogP contribution in [0.25, 0.3) is 0 Å². The molecule has 30 heavy (non-hydrogen) atoms. The highest BCUT2D eigenvalue weighted by atomic mass is 16.5. The van der Waals surface area contributed by atoms with E-state index in [2.05, 4.69) is 49.4 Å². The Morgan fingerprint density at radius 2 is 1.97 bits per heavy atom. The molecule has 7 nitrogen and oxygen atoms in total. The van der Waals surface area contributed by atoms with Crippen LogP contribution in [0, 0.1) is 6.92 Å². The van der Waals surface area contributed by atoms with Crippen LogP contribution in [0.5, 0.6) is 11.5 Å². The lowest BCUT2D eigenvalue weighted by Gasteiger charge is -2.15. The van der Waals surface area contributed by atoms with Crippen molar-refractivity contribution in [2.24, 2.45) is 4.99 Å². The third kappa shape index (κ3) is 5.53. The van der Waals surface area contributed by atoms with E-state index in [9.17, 15) is 0 Å². The van der Waals surface area contributed by atoms with Gasteiger partial charge in [-0.3, -0.25) is 4.99 Å². The number of imidazole rings is 1. The average molecular weight is 408 g/mol. The fourth-order valence-corrected chi connectivity index (χ4v) is 3.13. The molecule has 0 radical (unpaired) electrons. The van der Waals surface area contributed by atoms with Gasteiger partial charge in [-0.15, -0.1) is 0 Å². The number of hydrogen-bond acceptors (Lipinski definition) is 4. The number of aryl methyl sites for hydroxylation is 1. The van der Waals surface area contributed by atoms with Crippen molar-refractivity contribution < 1.29 is 9.47 Å². The summed E-state index contributed by atoms with van der Waals surface area (Å²) in [5.41, 5.74) is 3.28. The third-order valence-corrected chi connectivity index (χ3v) is 4.68. The average Bonchev–Trinajstić information content (AvgIpc) is 3.16. The Bertz CT molecular complexity index is 997. The summed E-state index contributed by atoms with van der Waals surface area (Å²) in [4.78, 5) is 8.61. The van der Waals surface area contributed by atoms with Gasteiger partial charge in [-0.25, -0.2) is 4.98 Å². The summed E-state index contributed by atoms with van der Waals surface area (Å²) in [6, 6.07) is 14.2. The highest BCUT2D eigenvalue weighted by Gasteiger charge is 2.07. The zero-order chi connectivity index (χ0) is 21.3. The van der Waals surface area contributed by atoms with Crippen molar-refractivity contribution in [1.82, 2.24) is 14.9 Å². The van der Waals surface area contributed by atoms with Gasteiger partial charge in [0.05, 0.1) is 13.7 Å². The molecule has 0 aliphatic rings. The minimum atomic E-state index is 0.571. The number of nitrogens with zero attached hydrogens (tertiary/aromatic N) is 3. The molecule has 1 heterocycles. The zero-order valence-electron chi connectivity index (χ0n) is 18.0. The van der Waals surface area contributed by atoms with Crippen molar-refractivity contribution in [2.75, 3.05) is 26.1 Å². The van der Waals surface area contributed by atoms with Gasteiger partial charge in [-0.1, -0.05) is 24.3 Å². The van der Waals surface area contributed by atoms with Gasteiger partial charge in [0.1, 0.15) is 5.82 Å². The van der Waals surface area contributed by atoms with Gasteiger partial charge in [0.2, 0.25) is 0 Å². The molecular formula is C23H29N5O2. The summed E-state index contributed by atoms with van der Waals surface area (Å²) in [5.74, 6) is 3.09. The molecule has 3 aromatic rings. The number of aromatic nitrogens is 2. The molecule has 0 aliphatic heterocycles. The predicted octanol–water partition coefficient (Wildman–Crippen LogP) is 3.83. The summed E-state index contributed by atoms with van der Waals surface area (Å²) in [7, 11) is 3.38. The van der Waals surface area contributed by atoms with E-state index in [1.54, 1.807) is 14.2 Å². The predicted molar refractivity (Wildman–Crippen MR) is 120 cm³/mol. The fourth-order valence-electron chi connectivity index (χ4n) is 3.13. The highest BCUT2D eigenvalue weighted by Crippen LogP contribution is 2.30. The van der Waals surface area contributed by atoms with Crippen molar-refractivity contribution in [1.29, 1.82) is 0 Å². The number of guanidine groups is 1. The Morgan fingerprint density at radius 1 is 1.13 bits per heavy atom. The maximum absolute atomic E-state index is 5.65. The molecule has 3 rings (SSSR count). The molecule has 158 valence electrons. The number of anilines is 1. The first kappa shape index (κ1) is 21.2. The van der Waals surface area contributed by atoms with Crippen molar-refractivity contribution >= 4 is 11.6 Å². The summed E-state index contributed by atoms with van der Waals surface area (Å²) in [5, 5.41) is 6.66. The molecule has 1 aromatic heterocycles. The maximum atomic E-state index is 5.65. The number of benzene rings is 2. The summed E-state index contributed by atoms with van der Waals surface area (Å²) < 4.78 is 13.1. The first-order valence-electron chi connectivity index (χ1n) is 9.97. The Hall–Kier alpha value is -3.48. The first-order chi connectivity index (χ1) is 14.6. The van der Waals surface area contributed by atoms with E-state index in [1.807, 2.05) is 44.4 Å². The largest absolute Gasteiger partial charge is 0.493 e. The lowest BCUT2D eigenvalue weighted by molar-refractivity contribution is 0.311. The van der Waals surface area contributed by atoms with Crippen LogP contribution in [0.15, 0.2) is 59.9 Å². The normalized spacial score (nSPS) is 11.3. The van der Waals surface area contributed by atoms with Crippen LogP contribution in [-0.4, -0.2) is 36.3 Å². The minimum Gasteiger partial charge on any atom is -0.493 e. The molecule has 0 atom stereocenters. The van der Waals surface area contributed by atoms with E-state index in [-0.39, 0.29) is 0 Å². The second-order valence-corrected chi connectivity index (χ2v) is 6.77. The van der Waals surface area contributed by atoms with Crippen LogP contribution in [0.3, 0.4) is 0 Å². The summed E-state index contributed by atoms with van der Waals surface area (Å²) >= 11 is 0. The molecular weight excluding hydrogens is 378 g/mol. The lowest BCUT2D eigenvalue weighted by atomic mass is 10.1. The van der Waals surface area contributed by atoms with E-state index in [4.69, 9.17) is 9.47 Å². The molecule has 2 N–H and O–H groups in total. The van der Waals surface area contributed by atoms with Crippen LogP contribution in [0.4, 0.5) is 5.69 Å². The van der Waals surface area contributed by atoms with Crippen LogP contribution in [-0.2, 0) is 13.1 Å². The quantitative estimate of drug-likeness (QED) is 0.439. The molecule has 0 aliphatic carbocycles. The molecule has 0 spiro atoms. The SMILES string of the molecule is CCOc1cc(NC(=NC)NCc2cccc(Cn3ccnc3C)c2)ccc1OC. The van der Waals surface area contributed by atoms with Crippen molar-refractivity contribution in [3.05, 3.63) is 71.8 Å². The molecule has 0 saturated carbocycles. The van der Waals surface area contributed by atoms with E-state index < -0.39 is 0 Å². The standard InChI is InChI=1S/C23H29N5O2/c1-5-30-22-14-20(9-10-21(22)29-4)27-23(24-3)26-15-18-7-6-8-19(13-18)16-28-12-11-25-17(28)2/h6-14H,5,15-16H2,1-4H3,(H2,24,26,27). The zero-order valence-corrected chi connectivity index (χ0v) is 18.0. The summed E-state index contributed by atoms with van der Waals surface area (Å²) in [6.07, 6.45) is 3.82. The fraction of sp³-hybridized carbons (Fsp3) is 0.304. The third-order valence-electron chi connectivity index (χ3n) is 4.68. The Morgan fingerprint density at radius 3 is 2.67 bits per heavy atom. The smallest absolute Gasteiger partial charge is 0.195 e. The molecule has 0 bridgehead atoms. The number of nitrogens with one attached hydrogen (secondary N) is 2. The number of hydrogen-bond donors (Lipinski definition) is 2. The van der Waals surface area contributed by atoms with Gasteiger partial charge in [0.15, 0.2) is 17.5 Å². The Labute approximate surface area is 177 Å². The van der Waals surface area contributed by atoms with Crippen molar-refractivity contribution in [2.45, 2.75) is 26.9 Å². The monoisotopic (exact) mass is 407 g/mol. The van der Waals surface area contributed by atoms with Crippen LogP contribution in [0.1, 0.15) is 23.9 Å². The molecule has 2 aromatic carbocycles. The van der Waals surface area contributed by atoms with E-state index in [0.29, 0.717) is 30.6 Å². The maximum Gasteiger partial charge on any atom is 0.195 e. The van der Waals surface area contributed by atoms with Crippen LogP contribution < -0.4 is 20.1 Å². The van der Waals surface area contributed by atoms with E-state index in [0.717, 1.165) is 18.1 Å². The van der Waals surface area contributed by atoms with Gasteiger partial charge < -0.3 is 24.7 Å².